The molecule has 2 aromatic rings. The number of nitrogens with zero attached hydrogens (tertiary/aromatic N) is 1. The molecular weight excluding hydrogens is 301 g/mol. The van der Waals surface area contributed by atoms with Gasteiger partial charge in [-0.25, -0.2) is 0 Å². The van der Waals surface area contributed by atoms with Crippen LogP contribution in [-0.2, 0) is 4.79 Å². The third-order valence-corrected chi connectivity index (χ3v) is 3.01. The number of carboxylic acid groups (broad SMARTS) is 1. The van der Waals surface area contributed by atoms with Crippen molar-refractivity contribution < 1.29 is 14.3 Å². The fourth-order valence-electron chi connectivity index (χ4n) is 1.54. The molecule has 0 atom stereocenters. The Kier molecular flexibility index (Phi) is 4.14. The van der Waals surface area contributed by atoms with Crippen molar-refractivity contribution in [2.75, 3.05) is 0 Å². The van der Waals surface area contributed by atoms with Crippen molar-refractivity contribution in [2.45, 2.75) is 0 Å². The zero-order valence-electron chi connectivity index (χ0n) is 9.89. The van der Waals surface area contributed by atoms with Crippen molar-refractivity contribution in [3.05, 3.63) is 51.7 Å². The van der Waals surface area contributed by atoms with E-state index in [1.165, 1.54) is 12.1 Å². The number of halogens is 2. The number of hydrogen-bond acceptors (Lipinski definition) is 4. The van der Waals surface area contributed by atoms with Crippen LogP contribution in [0, 0.1) is 11.3 Å². The van der Waals surface area contributed by atoms with Crippen LogP contribution in [0.2, 0.25) is 10.0 Å². The Balaban J connectivity index is 2.42. The molecule has 0 radical (unpaired) electrons. The van der Waals surface area contributed by atoms with Crippen LogP contribution in [0.4, 0.5) is 0 Å². The maximum Gasteiger partial charge on any atom is 0.136 e. The lowest BCUT2D eigenvalue weighted by atomic mass is 10.2. The SMILES string of the molecule is N#C/C(=C\c1ccc(-c2cc(Cl)ccc2Cl)o1)C(=O)[O-]. The standard InChI is InChI=1S/C14H7Cl2NO3/c15-9-1-3-12(16)11(6-9)13-4-2-10(20-13)5-8(7-17)14(18)19/h1-6H,(H,18,19)/p-1/b8-5+. The summed E-state index contributed by atoms with van der Waals surface area (Å²) in [5.41, 5.74) is 0.0499. The molecule has 0 aliphatic heterocycles. The maximum absolute atomic E-state index is 10.6. The second kappa shape index (κ2) is 5.83. The highest BCUT2D eigenvalue weighted by atomic mass is 35.5. The van der Waals surface area contributed by atoms with Gasteiger partial charge < -0.3 is 14.3 Å². The van der Waals surface area contributed by atoms with Crippen LogP contribution in [0.25, 0.3) is 17.4 Å². The quantitative estimate of drug-likeness (QED) is 0.645. The first-order valence-corrected chi connectivity index (χ1v) is 6.15. The van der Waals surface area contributed by atoms with E-state index >= 15 is 0 Å². The minimum atomic E-state index is -1.56. The Bertz CT molecular complexity index is 741. The van der Waals surface area contributed by atoms with Crippen LogP contribution in [0.3, 0.4) is 0 Å². The zero-order chi connectivity index (χ0) is 14.7. The van der Waals surface area contributed by atoms with Crippen LogP contribution in [0.15, 0.2) is 40.3 Å². The van der Waals surface area contributed by atoms with E-state index in [1.807, 2.05) is 0 Å². The zero-order valence-corrected chi connectivity index (χ0v) is 11.4. The van der Waals surface area contributed by atoms with Crippen LogP contribution < -0.4 is 5.11 Å². The van der Waals surface area contributed by atoms with Gasteiger partial charge in [0.1, 0.15) is 17.6 Å². The largest absolute Gasteiger partial charge is 0.544 e. The van der Waals surface area contributed by atoms with E-state index in [0.29, 0.717) is 21.4 Å². The van der Waals surface area contributed by atoms with Crippen molar-refractivity contribution in [3.8, 4) is 17.4 Å². The van der Waals surface area contributed by atoms with Crippen LogP contribution >= 0.6 is 23.2 Å². The van der Waals surface area contributed by atoms with E-state index in [2.05, 4.69) is 0 Å². The van der Waals surface area contributed by atoms with Gasteiger partial charge in [-0.05, 0) is 30.3 Å². The highest BCUT2D eigenvalue weighted by molar-refractivity contribution is 6.35. The Labute approximate surface area is 124 Å². The van der Waals surface area contributed by atoms with E-state index in [9.17, 15) is 9.90 Å². The first-order valence-electron chi connectivity index (χ1n) is 5.39. The summed E-state index contributed by atoms with van der Waals surface area (Å²) in [6, 6.07) is 9.53. The molecule has 0 amide bonds. The Hall–Kier alpha value is -2.22. The molecule has 0 bridgehead atoms. The number of rotatable bonds is 3. The minimum Gasteiger partial charge on any atom is -0.544 e. The van der Waals surface area contributed by atoms with Crippen molar-refractivity contribution in [1.29, 1.82) is 5.26 Å². The van der Waals surface area contributed by atoms with Gasteiger partial charge >= 0.3 is 0 Å². The number of carboxylic acids is 1. The molecule has 0 aliphatic carbocycles. The van der Waals surface area contributed by atoms with Crippen LogP contribution in [0.5, 0.6) is 0 Å². The normalized spacial score (nSPS) is 11.2. The van der Waals surface area contributed by atoms with Crippen molar-refractivity contribution in [2.24, 2.45) is 0 Å². The lowest BCUT2D eigenvalue weighted by Gasteiger charge is -2.01. The number of nitriles is 1. The first-order chi connectivity index (χ1) is 9.51. The van der Waals surface area contributed by atoms with Gasteiger partial charge in [-0.1, -0.05) is 23.2 Å². The Morgan fingerprint density at radius 2 is 2.05 bits per heavy atom. The molecule has 0 fully saturated rings. The van der Waals surface area contributed by atoms with Crippen molar-refractivity contribution >= 4 is 35.2 Å². The van der Waals surface area contributed by atoms with E-state index < -0.39 is 11.5 Å². The Morgan fingerprint density at radius 3 is 2.70 bits per heavy atom. The molecule has 0 N–H and O–H groups in total. The summed E-state index contributed by atoms with van der Waals surface area (Å²) in [4.78, 5) is 10.6. The molecule has 2 rings (SSSR count). The molecule has 0 saturated carbocycles. The molecule has 20 heavy (non-hydrogen) atoms. The van der Waals surface area contributed by atoms with Gasteiger partial charge in [0, 0.05) is 16.7 Å². The van der Waals surface area contributed by atoms with Gasteiger partial charge in [0.25, 0.3) is 0 Å². The van der Waals surface area contributed by atoms with Gasteiger partial charge in [-0.2, -0.15) is 5.26 Å². The lowest BCUT2D eigenvalue weighted by molar-refractivity contribution is -0.298. The number of furan rings is 1. The summed E-state index contributed by atoms with van der Waals surface area (Å²) in [6.45, 7) is 0. The maximum atomic E-state index is 10.6. The fraction of sp³-hybridized carbons (Fsp3) is 0. The summed E-state index contributed by atoms with van der Waals surface area (Å²) >= 11 is 11.9. The van der Waals surface area contributed by atoms with E-state index in [-0.39, 0.29) is 5.76 Å². The van der Waals surface area contributed by atoms with E-state index in [0.717, 1.165) is 6.08 Å². The molecule has 4 nitrogen and oxygen atoms in total. The number of hydrogen-bond donors (Lipinski definition) is 0. The molecule has 0 spiro atoms. The van der Waals surface area contributed by atoms with Crippen molar-refractivity contribution in [3.63, 3.8) is 0 Å². The van der Waals surface area contributed by atoms with Gasteiger partial charge in [0.15, 0.2) is 0 Å². The summed E-state index contributed by atoms with van der Waals surface area (Å²) < 4.78 is 5.43. The minimum absolute atomic E-state index is 0.205. The van der Waals surface area contributed by atoms with Gasteiger partial charge in [0.05, 0.1) is 16.6 Å². The number of aliphatic carboxylic acids is 1. The molecule has 1 aromatic heterocycles. The number of carbonyl (C=O) groups excluding carboxylic acids is 1. The highest BCUT2D eigenvalue weighted by Gasteiger charge is 2.09. The van der Waals surface area contributed by atoms with E-state index in [4.69, 9.17) is 32.9 Å². The molecule has 100 valence electrons. The van der Waals surface area contributed by atoms with Gasteiger partial charge in [-0.3, -0.25) is 0 Å². The summed E-state index contributed by atoms with van der Waals surface area (Å²) in [5, 5.41) is 20.2. The summed E-state index contributed by atoms with van der Waals surface area (Å²) in [7, 11) is 0. The molecule has 0 unspecified atom stereocenters. The average Bonchev–Trinajstić information content (AvgIpc) is 2.86. The third kappa shape index (κ3) is 3.02. The molecule has 0 aliphatic rings. The van der Waals surface area contributed by atoms with Crippen molar-refractivity contribution in [1.82, 2.24) is 0 Å². The summed E-state index contributed by atoms with van der Waals surface area (Å²) in [5.74, 6) is -0.942. The average molecular weight is 307 g/mol. The third-order valence-electron chi connectivity index (χ3n) is 2.45. The molecule has 1 heterocycles. The lowest BCUT2D eigenvalue weighted by Crippen LogP contribution is -2.23. The monoisotopic (exact) mass is 306 g/mol. The smallest absolute Gasteiger partial charge is 0.136 e. The highest BCUT2D eigenvalue weighted by Crippen LogP contribution is 2.32. The number of benzene rings is 1. The fourth-order valence-corrected chi connectivity index (χ4v) is 1.92. The second-order valence-corrected chi connectivity index (χ2v) is 4.63. The summed E-state index contributed by atoms with van der Waals surface area (Å²) in [6.07, 6.45) is 1.08. The first kappa shape index (κ1) is 14.2. The van der Waals surface area contributed by atoms with Gasteiger partial charge in [-0.15, -0.1) is 0 Å². The van der Waals surface area contributed by atoms with Crippen LogP contribution in [-0.4, -0.2) is 5.97 Å². The topological polar surface area (TPSA) is 77.1 Å². The molecule has 6 heteroatoms. The molecule has 0 saturated heterocycles. The van der Waals surface area contributed by atoms with Gasteiger partial charge in [0.2, 0.25) is 0 Å². The predicted molar refractivity (Wildman–Crippen MR) is 72.8 cm³/mol. The van der Waals surface area contributed by atoms with E-state index in [1.54, 1.807) is 24.3 Å². The van der Waals surface area contributed by atoms with Crippen LogP contribution in [0.1, 0.15) is 5.76 Å². The second-order valence-electron chi connectivity index (χ2n) is 3.78. The predicted octanol–water partition coefficient (Wildman–Crippen LogP) is 2.91. The number of carbonyl (C=O) groups is 1. The molecule has 1 aromatic carbocycles. The molecular formula is C14H6Cl2NO3-. The Morgan fingerprint density at radius 1 is 1.30 bits per heavy atom.